The highest BCUT2D eigenvalue weighted by Crippen LogP contribution is 2.19. The summed E-state index contributed by atoms with van der Waals surface area (Å²) in [6, 6.07) is 11.6. The van der Waals surface area contributed by atoms with Gasteiger partial charge in [0.05, 0.1) is 6.04 Å². The van der Waals surface area contributed by atoms with Crippen molar-refractivity contribution >= 4 is 29.2 Å². The molecule has 0 radical (unpaired) electrons. The fourth-order valence-corrected chi connectivity index (χ4v) is 2.32. The third kappa shape index (κ3) is 4.47. The van der Waals surface area contributed by atoms with Crippen molar-refractivity contribution in [3.8, 4) is 0 Å². The van der Waals surface area contributed by atoms with Crippen LogP contribution >= 0.6 is 11.6 Å². The average Bonchev–Trinajstić information content (AvgIpc) is 2.49. The summed E-state index contributed by atoms with van der Waals surface area (Å²) in [6.45, 7) is 3.69. The zero-order valence-corrected chi connectivity index (χ0v) is 13.6. The van der Waals surface area contributed by atoms with E-state index < -0.39 is 5.91 Å². The Morgan fingerprint density at radius 1 is 1.17 bits per heavy atom. The van der Waals surface area contributed by atoms with Crippen LogP contribution in [0.2, 0.25) is 5.02 Å². The molecule has 2 rings (SSSR count). The van der Waals surface area contributed by atoms with E-state index in [1.165, 1.54) is 0 Å². The van der Waals surface area contributed by atoms with Gasteiger partial charge in [-0.25, -0.2) is 4.79 Å². The first kappa shape index (κ1) is 16.8. The summed E-state index contributed by atoms with van der Waals surface area (Å²) in [4.78, 5) is 23.4. The van der Waals surface area contributed by atoms with E-state index >= 15 is 0 Å². The first-order chi connectivity index (χ1) is 10.9. The Bertz CT molecular complexity index is 746. The molecule has 0 aliphatic rings. The van der Waals surface area contributed by atoms with Crippen LogP contribution in [0.4, 0.5) is 10.5 Å². The summed E-state index contributed by atoms with van der Waals surface area (Å²) in [7, 11) is 0. The zero-order valence-electron chi connectivity index (χ0n) is 12.9. The van der Waals surface area contributed by atoms with Gasteiger partial charge in [-0.05, 0) is 49.2 Å². The number of halogens is 1. The lowest BCUT2D eigenvalue weighted by molar-refractivity contribution is 0.100. The molecule has 120 valence electrons. The maximum atomic E-state index is 12.1. The molecule has 1 atom stereocenters. The minimum Gasteiger partial charge on any atom is -0.366 e. The van der Waals surface area contributed by atoms with Crippen LogP contribution in [0.1, 0.15) is 34.5 Å². The van der Waals surface area contributed by atoms with Crippen LogP contribution in [-0.4, -0.2) is 11.9 Å². The van der Waals surface area contributed by atoms with Crippen LogP contribution in [-0.2, 0) is 0 Å². The molecule has 2 aromatic rings. The predicted molar refractivity (Wildman–Crippen MR) is 91.7 cm³/mol. The summed E-state index contributed by atoms with van der Waals surface area (Å²) in [5, 5.41) is 6.17. The Kier molecular flexibility index (Phi) is 5.24. The Morgan fingerprint density at radius 3 is 2.57 bits per heavy atom. The lowest BCUT2D eigenvalue weighted by atomic mass is 10.1. The van der Waals surface area contributed by atoms with Crippen molar-refractivity contribution in [2.75, 3.05) is 5.32 Å². The van der Waals surface area contributed by atoms with Gasteiger partial charge in [0.2, 0.25) is 5.91 Å². The topological polar surface area (TPSA) is 84.2 Å². The Balaban J connectivity index is 2.07. The van der Waals surface area contributed by atoms with Gasteiger partial charge in [-0.3, -0.25) is 4.79 Å². The predicted octanol–water partition coefficient (Wildman–Crippen LogP) is 3.63. The van der Waals surface area contributed by atoms with E-state index in [1.807, 2.05) is 26.0 Å². The Hall–Kier alpha value is -2.53. The van der Waals surface area contributed by atoms with Crippen LogP contribution < -0.4 is 16.4 Å². The smallest absolute Gasteiger partial charge is 0.319 e. The highest BCUT2D eigenvalue weighted by molar-refractivity contribution is 6.30. The molecule has 0 aliphatic heterocycles. The number of amides is 3. The highest BCUT2D eigenvalue weighted by Gasteiger charge is 2.12. The fraction of sp³-hybridized carbons (Fsp3) is 0.176. The van der Waals surface area contributed by atoms with E-state index in [-0.39, 0.29) is 12.1 Å². The number of carbonyl (C=O) groups excluding carboxylic acids is 2. The van der Waals surface area contributed by atoms with Crippen molar-refractivity contribution in [1.82, 2.24) is 5.32 Å². The molecule has 5 nitrogen and oxygen atoms in total. The second-order valence-electron chi connectivity index (χ2n) is 5.27. The number of primary amides is 1. The maximum absolute atomic E-state index is 12.1. The molecule has 0 saturated heterocycles. The van der Waals surface area contributed by atoms with Gasteiger partial charge in [-0.1, -0.05) is 29.8 Å². The van der Waals surface area contributed by atoms with Gasteiger partial charge in [0.1, 0.15) is 0 Å². The summed E-state index contributed by atoms with van der Waals surface area (Å²) in [5.74, 6) is -0.541. The average molecular weight is 332 g/mol. The molecule has 0 fully saturated rings. The van der Waals surface area contributed by atoms with Crippen molar-refractivity contribution < 1.29 is 9.59 Å². The number of hydrogen-bond donors (Lipinski definition) is 3. The van der Waals surface area contributed by atoms with E-state index in [2.05, 4.69) is 10.6 Å². The molecule has 0 aromatic heterocycles. The van der Waals surface area contributed by atoms with Gasteiger partial charge < -0.3 is 16.4 Å². The number of rotatable bonds is 4. The van der Waals surface area contributed by atoms with Gasteiger partial charge >= 0.3 is 6.03 Å². The largest absolute Gasteiger partial charge is 0.366 e. The Morgan fingerprint density at radius 2 is 1.91 bits per heavy atom. The molecule has 0 aliphatic carbocycles. The van der Waals surface area contributed by atoms with E-state index in [4.69, 9.17) is 17.3 Å². The second kappa shape index (κ2) is 7.15. The number of hydrogen-bond acceptors (Lipinski definition) is 2. The molecule has 0 bridgehead atoms. The second-order valence-corrected chi connectivity index (χ2v) is 5.71. The molecular formula is C17H18ClN3O2. The molecule has 0 spiro atoms. The number of nitrogens with one attached hydrogen (secondary N) is 2. The summed E-state index contributed by atoms with van der Waals surface area (Å²) in [5.41, 5.74) is 7.87. The van der Waals surface area contributed by atoms with Crippen molar-refractivity contribution in [2.24, 2.45) is 5.73 Å². The fourth-order valence-electron chi connectivity index (χ4n) is 2.12. The van der Waals surface area contributed by atoms with Gasteiger partial charge in [-0.15, -0.1) is 0 Å². The SMILES string of the molecule is Cc1ccc(C(N)=O)cc1NC(=O)N[C@H](C)c1cccc(Cl)c1. The zero-order chi connectivity index (χ0) is 17.0. The quantitative estimate of drug-likeness (QED) is 0.799. The van der Waals surface area contributed by atoms with Gasteiger partial charge in [-0.2, -0.15) is 0 Å². The number of benzene rings is 2. The lowest BCUT2D eigenvalue weighted by Gasteiger charge is -2.16. The molecule has 2 aromatic carbocycles. The number of urea groups is 1. The number of aryl methyl sites for hydroxylation is 1. The normalized spacial score (nSPS) is 11.6. The molecule has 4 N–H and O–H groups in total. The molecule has 3 amide bonds. The van der Waals surface area contributed by atoms with Crippen LogP contribution in [0.25, 0.3) is 0 Å². The highest BCUT2D eigenvalue weighted by atomic mass is 35.5. The summed E-state index contributed by atoms with van der Waals surface area (Å²) >= 11 is 5.95. The molecule has 0 heterocycles. The van der Waals surface area contributed by atoms with Gasteiger partial charge in [0, 0.05) is 16.3 Å². The van der Waals surface area contributed by atoms with E-state index in [9.17, 15) is 9.59 Å². The Labute approximate surface area is 139 Å². The first-order valence-electron chi connectivity index (χ1n) is 7.10. The maximum Gasteiger partial charge on any atom is 0.319 e. The lowest BCUT2D eigenvalue weighted by Crippen LogP contribution is -2.31. The van der Waals surface area contributed by atoms with Crippen molar-refractivity contribution in [3.63, 3.8) is 0 Å². The van der Waals surface area contributed by atoms with E-state index in [0.717, 1.165) is 11.1 Å². The number of carbonyl (C=O) groups is 2. The molecule has 23 heavy (non-hydrogen) atoms. The molecule has 0 unspecified atom stereocenters. The third-order valence-corrected chi connectivity index (χ3v) is 3.70. The molecule has 6 heteroatoms. The summed E-state index contributed by atoms with van der Waals surface area (Å²) in [6.07, 6.45) is 0. The van der Waals surface area contributed by atoms with Gasteiger partial charge in [0.15, 0.2) is 0 Å². The minimum absolute atomic E-state index is 0.215. The molecule has 0 saturated carbocycles. The van der Waals surface area contributed by atoms with Crippen molar-refractivity contribution in [3.05, 3.63) is 64.2 Å². The molecular weight excluding hydrogens is 314 g/mol. The summed E-state index contributed by atoms with van der Waals surface area (Å²) < 4.78 is 0. The van der Waals surface area contributed by atoms with Crippen LogP contribution in [0.5, 0.6) is 0 Å². The van der Waals surface area contributed by atoms with E-state index in [1.54, 1.807) is 30.3 Å². The van der Waals surface area contributed by atoms with Crippen LogP contribution in [0.15, 0.2) is 42.5 Å². The van der Waals surface area contributed by atoms with Crippen LogP contribution in [0, 0.1) is 6.92 Å². The first-order valence-corrected chi connectivity index (χ1v) is 7.48. The minimum atomic E-state index is -0.541. The third-order valence-electron chi connectivity index (χ3n) is 3.47. The standard InChI is InChI=1S/C17H18ClN3O2/c1-10-6-7-13(16(19)22)9-15(10)21-17(23)20-11(2)12-4-3-5-14(18)8-12/h3-9,11H,1-2H3,(H2,19,22)(H2,20,21,23)/t11-/m1/s1. The monoisotopic (exact) mass is 331 g/mol. The van der Waals surface area contributed by atoms with Crippen molar-refractivity contribution in [2.45, 2.75) is 19.9 Å². The van der Waals surface area contributed by atoms with Crippen LogP contribution in [0.3, 0.4) is 0 Å². The number of anilines is 1. The van der Waals surface area contributed by atoms with E-state index in [0.29, 0.717) is 16.3 Å². The van der Waals surface area contributed by atoms with Gasteiger partial charge in [0.25, 0.3) is 0 Å². The number of nitrogens with two attached hydrogens (primary N) is 1. The van der Waals surface area contributed by atoms with Crippen molar-refractivity contribution in [1.29, 1.82) is 0 Å².